The number of amides is 1. The molecule has 128 valence electrons. The Bertz CT molecular complexity index is 574. The number of halogens is 2. The molecule has 0 radical (unpaired) electrons. The van der Waals surface area contributed by atoms with Crippen molar-refractivity contribution in [3.8, 4) is 0 Å². The van der Waals surface area contributed by atoms with E-state index in [1.54, 1.807) is 17.0 Å². The van der Waals surface area contributed by atoms with Gasteiger partial charge in [0.1, 0.15) is 11.4 Å². The minimum Gasteiger partial charge on any atom is -0.444 e. The Morgan fingerprint density at radius 3 is 2.70 bits per heavy atom. The van der Waals surface area contributed by atoms with E-state index >= 15 is 0 Å². The number of carbonyl (C=O) groups is 1. The molecule has 0 aliphatic carbocycles. The maximum Gasteiger partial charge on any atom is 0.410 e. The highest BCUT2D eigenvalue weighted by Crippen LogP contribution is 2.25. The summed E-state index contributed by atoms with van der Waals surface area (Å²) >= 11 is 5.77. The molecule has 1 aliphatic rings. The van der Waals surface area contributed by atoms with Gasteiger partial charge in [-0.1, -0.05) is 18.5 Å². The zero-order valence-corrected chi connectivity index (χ0v) is 14.8. The lowest BCUT2D eigenvalue weighted by Crippen LogP contribution is -2.49. The monoisotopic (exact) mass is 342 g/mol. The predicted octanol–water partition coefficient (Wildman–Crippen LogP) is 4.54. The number of hydrogen-bond acceptors (Lipinski definition) is 3. The molecule has 1 saturated heterocycles. The van der Waals surface area contributed by atoms with Gasteiger partial charge in [-0.25, -0.2) is 9.18 Å². The summed E-state index contributed by atoms with van der Waals surface area (Å²) in [5.41, 5.74) is -0.0565. The van der Waals surface area contributed by atoms with Gasteiger partial charge in [-0.3, -0.25) is 0 Å². The van der Waals surface area contributed by atoms with E-state index in [2.05, 4.69) is 5.32 Å². The molecule has 1 aliphatic heterocycles. The highest BCUT2D eigenvalue weighted by molar-refractivity contribution is 6.30. The van der Waals surface area contributed by atoms with Crippen molar-refractivity contribution in [1.82, 2.24) is 4.90 Å². The first-order chi connectivity index (χ1) is 10.7. The molecule has 0 bridgehead atoms. The molecule has 0 aromatic heterocycles. The topological polar surface area (TPSA) is 41.6 Å². The van der Waals surface area contributed by atoms with Crippen LogP contribution in [0.25, 0.3) is 0 Å². The van der Waals surface area contributed by atoms with Crippen LogP contribution in [-0.2, 0) is 4.74 Å². The maximum absolute atomic E-state index is 13.9. The Hall–Kier alpha value is -1.49. The number of piperidine rings is 1. The predicted molar refractivity (Wildman–Crippen MR) is 90.4 cm³/mol. The number of nitrogens with zero attached hydrogens (tertiary/aromatic N) is 1. The van der Waals surface area contributed by atoms with Crippen LogP contribution in [0.4, 0.5) is 14.9 Å². The first kappa shape index (κ1) is 17.9. The van der Waals surface area contributed by atoms with Crippen molar-refractivity contribution in [3.05, 3.63) is 29.0 Å². The molecule has 4 nitrogen and oxygen atoms in total. The van der Waals surface area contributed by atoms with Crippen molar-refractivity contribution in [1.29, 1.82) is 0 Å². The lowest BCUT2D eigenvalue weighted by atomic mass is 9.94. The summed E-state index contributed by atoms with van der Waals surface area (Å²) in [6, 6.07) is 4.70. The van der Waals surface area contributed by atoms with Crippen LogP contribution in [-0.4, -0.2) is 35.7 Å². The molecule has 1 amide bonds. The average Bonchev–Trinajstić information content (AvgIpc) is 2.41. The first-order valence-corrected chi connectivity index (χ1v) is 8.23. The van der Waals surface area contributed by atoms with Crippen molar-refractivity contribution in [2.24, 2.45) is 5.92 Å². The first-order valence-electron chi connectivity index (χ1n) is 7.85. The van der Waals surface area contributed by atoms with Gasteiger partial charge in [0.25, 0.3) is 0 Å². The van der Waals surface area contributed by atoms with Gasteiger partial charge in [-0.05, 0) is 51.3 Å². The van der Waals surface area contributed by atoms with E-state index in [4.69, 9.17) is 16.3 Å². The number of ether oxygens (including phenoxy) is 1. The molecule has 1 aromatic rings. The van der Waals surface area contributed by atoms with Gasteiger partial charge in [-0.15, -0.1) is 0 Å². The van der Waals surface area contributed by atoms with Crippen LogP contribution < -0.4 is 5.32 Å². The quantitative estimate of drug-likeness (QED) is 0.858. The van der Waals surface area contributed by atoms with Crippen LogP contribution in [0.2, 0.25) is 5.02 Å². The third-order valence-corrected chi connectivity index (χ3v) is 4.06. The lowest BCUT2D eigenvalue weighted by molar-refractivity contribution is 0.0165. The second kappa shape index (κ2) is 6.95. The maximum atomic E-state index is 13.9. The zero-order valence-electron chi connectivity index (χ0n) is 14.0. The molecule has 2 rings (SSSR count). The molecule has 2 atom stereocenters. The summed E-state index contributed by atoms with van der Waals surface area (Å²) in [6.07, 6.45) is 0.447. The molecule has 1 aromatic carbocycles. The van der Waals surface area contributed by atoms with Gasteiger partial charge >= 0.3 is 6.09 Å². The number of anilines is 1. The van der Waals surface area contributed by atoms with E-state index in [0.29, 0.717) is 23.8 Å². The molecule has 1 heterocycles. The molecule has 1 fully saturated rings. The molecule has 0 spiro atoms. The molecule has 0 unspecified atom stereocenters. The number of benzene rings is 1. The Labute approximate surface area is 141 Å². The van der Waals surface area contributed by atoms with Crippen LogP contribution in [0, 0.1) is 11.7 Å². The Balaban J connectivity index is 1.95. The summed E-state index contributed by atoms with van der Waals surface area (Å²) in [5.74, 6) is -0.175. The lowest BCUT2D eigenvalue weighted by Gasteiger charge is -2.38. The molecule has 23 heavy (non-hydrogen) atoms. The van der Waals surface area contributed by atoms with Crippen molar-refractivity contribution in [2.75, 3.05) is 18.4 Å². The molecular weight excluding hydrogens is 319 g/mol. The van der Waals surface area contributed by atoms with Crippen molar-refractivity contribution >= 4 is 23.4 Å². The van der Waals surface area contributed by atoms with E-state index in [1.807, 2.05) is 27.7 Å². The van der Waals surface area contributed by atoms with Gasteiger partial charge in [0, 0.05) is 24.2 Å². The van der Waals surface area contributed by atoms with Gasteiger partial charge in [0.2, 0.25) is 0 Å². The molecular formula is C17H24ClFN2O2. The van der Waals surface area contributed by atoms with Crippen molar-refractivity contribution in [3.63, 3.8) is 0 Å². The summed E-state index contributed by atoms with van der Waals surface area (Å²) in [7, 11) is 0. The minimum absolute atomic E-state index is 0.101. The second-order valence-electron chi connectivity index (χ2n) is 7.07. The highest BCUT2D eigenvalue weighted by atomic mass is 35.5. The number of likely N-dealkylation sites (tertiary alicyclic amines) is 1. The third kappa shape index (κ3) is 4.99. The SMILES string of the molecule is C[C@@H]1CN(C(=O)OC(C)(C)C)CC[C@@H]1Nc1ccc(Cl)cc1F. The summed E-state index contributed by atoms with van der Waals surface area (Å²) in [6.45, 7) is 8.78. The summed E-state index contributed by atoms with van der Waals surface area (Å²) in [4.78, 5) is 13.8. The van der Waals surface area contributed by atoms with Gasteiger partial charge in [0.05, 0.1) is 5.69 Å². The van der Waals surface area contributed by atoms with Crippen LogP contribution in [0.5, 0.6) is 0 Å². The summed E-state index contributed by atoms with van der Waals surface area (Å²) < 4.78 is 19.3. The van der Waals surface area contributed by atoms with Crippen LogP contribution >= 0.6 is 11.6 Å². The summed E-state index contributed by atoms with van der Waals surface area (Å²) in [5, 5.41) is 3.60. The number of nitrogens with one attached hydrogen (secondary N) is 1. The zero-order chi connectivity index (χ0) is 17.2. The fourth-order valence-electron chi connectivity index (χ4n) is 2.66. The smallest absolute Gasteiger partial charge is 0.410 e. The van der Waals surface area contributed by atoms with Gasteiger partial charge in [0.15, 0.2) is 0 Å². The number of hydrogen-bond donors (Lipinski definition) is 1. The highest BCUT2D eigenvalue weighted by Gasteiger charge is 2.31. The molecule has 6 heteroatoms. The third-order valence-electron chi connectivity index (χ3n) is 3.83. The standard InChI is InChI=1S/C17H24ClFN2O2/c1-11-10-21(16(22)23-17(2,3)4)8-7-14(11)20-15-6-5-12(18)9-13(15)19/h5-6,9,11,14,20H,7-8,10H2,1-4H3/t11-,14+/m1/s1. The van der Waals surface area contributed by atoms with E-state index < -0.39 is 5.60 Å². The minimum atomic E-state index is -0.498. The van der Waals surface area contributed by atoms with Crippen LogP contribution in [0.15, 0.2) is 18.2 Å². The Morgan fingerprint density at radius 2 is 2.13 bits per heavy atom. The number of carbonyl (C=O) groups excluding carboxylic acids is 1. The second-order valence-corrected chi connectivity index (χ2v) is 7.50. The molecule has 0 saturated carbocycles. The number of rotatable bonds is 2. The van der Waals surface area contributed by atoms with Crippen LogP contribution in [0.3, 0.4) is 0 Å². The van der Waals surface area contributed by atoms with Crippen molar-refractivity contribution < 1.29 is 13.9 Å². The molecule has 1 N–H and O–H groups in total. The Morgan fingerprint density at radius 1 is 1.43 bits per heavy atom. The van der Waals surface area contributed by atoms with E-state index in [-0.39, 0.29) is 23.9 Å². The van der Waals surface area contributed by atoms with Crippen molar-refractivity contribution in [2.45, 2.75) is 45.8 Å². The van der Waals surface area contributed by atoms with Crippen LogP contribution in [0.1, 0.15) is 34.1 Å². The van der Waals surface area contributed by atoms with E-state index in [0.717, 1.165) is 6.42 Å². The normalized spacial score (nSPS) is 21.9. The fourth-order valence-corrected chi connectivity index (χ4v) is 2.82. The van der Waals surface area contributed by atoms with E-state index in [1.165, 1.54) is 6.07 Å². The average molecular weight is 343 g/mol. The fraction of sp³-hybridized carbons (Fsp3) is 0.588. The van der Waals surface area contributed by atoms with Gasteiger partial charge in [-0.2, -0.15) is 0 Å². The largest absolute Gasteiger partial charge is 0.444 e. The van der Waals surface area contributed by atoms with E-state index in [9.17, 15) is 9.18 Å². The Kier molecular flexibility index (Phi) is 5.40. The van der Waals surface area contributed by atoms with Gasteiger partial charge < -0.3 is 15.0 Å².